The summed E-state index contributed by atoms with van der Waals surface area (Å²) in [5.41, 5.74) is 1.67. The SMILES string of the molecule is COc1ccc(/C=C/C(O)=C/C(=O)/C=C(/C)NC(C)C)cc1. The van der Waals surface area contributed by atoms with Crippen LogP contribution in [0.5, 0.6) is 5.75 Å². The van der Waals surface area contributed by atoms with Gasteiger partial charge in [-0.2, -0.15) is 0 Å². The number of carbonyl (C=O) groups excluding carboxylic acids is 1. The van der Waals surface area contributed by atoms with E-state index in [1.165, 1.54) is 18.2 Å². The molecule has 4 nitrogen and oxygen atoms in total. The largest absolute Gasteiger partial charge is 0.508 e. The van der Waals surface area contributed by atoms with E-state index in [0.717, 1.165) is 17.0 Å². The van der Waals surface area contributed by atoms with Gasteiger partial charge in [0.1, 0.15) is 11.5 Å². The average Bonchev–Trinajstić information content (AvgIpc) is 2.44. The fourth-order valence-electron chi connectivity index (χ4n) is 1.84. The van der Waals surface area contributed by atoms with E-state index in [9.17, 15) is 9.90 Å². The Hall–Kier alpha value is -2.49. The fourth-order valence-corrected chi connectivity index (χ4v) is 1.84. The molecule has 0 bridgehead atoms. The molecular formula is C18H23NO3. The van der Waals surface area contributed by atoms with Crippen molar-refractivity contribution in [3.8, 4) is 5.75 Å². The fraction of sp³-hybridized carbons (Fsp3) is 0.278. The Morgan fingerprint density at radius 2 is 1.86 bits per heavy atom. The molecular weight excluding hydrogens is 278 g/mol. The van der Waals surface area contributed by atoms with E-state index in [1.807, 2.05) is 45.0 Å². The lowest BCUT2D eigenvalue weighted by molar-refractivity contribution is -0.110. The predicted octanol–water partition coefficient (Wildman–Crippen LogP) is 3.62. The standard InChI is InChI=1S/C18H23NO3/c1-13(2)19-14(3)11-17(21)12-16(20)8-5-15-6-9-18(22-4)10-7-15/h5-13,19-20H,1-4H3/b8-5+,14-11-,16-12-. The monoisotopic (exact) mass is 301 g/mol. The number of hydrogen-bond acceptors (Lipinski definition) is 4. The van der Waals surface area contributed by atoms with Gasteiger partial charge in [0.15, 0.2) is 5.78 Å². The van der Waals surface area contributed by atoms with Crippen molar-refractivity contribution in [3.63, 3.8) is 0 Å². The minimum absolute atomic E-state index is 0.0885. The predicted molar refractivity (Wildman–Crippen MR) is 89.8 cm³/mol. The second-order valence-corrected chi connectivity index (χ2v) is 5.20. The number of benzene rings is 1. The van der Waals surface area contributed by atoms with Crippen LogP contribution in [-0.2, 0) is 4.79 Å². The number of ether oxygens (including phenoxy) is 1. The molecule has 0 fully saturated rings. The molecule has 0 aliphatic rings. The van der Waals surface area contributed by atoms with Crippen LogP contribution >= 0.6 is 0 Å². The van der Waals surface area contributed by atoms with Crippen molar-refractivity contribution < 1.29 is 14.6 Å². The molecule has 1 aromatic rings. The summed E-state index contributed by atoms with van der Waals surface area (Å²) >= 11 is 0. The number of carbonyl (C=O) groups is 1. The molecule has 0 aromatic heterocycles. The third kappa shape index (κ3) is 6.79. The minimum atomic E-state index is -0.262. The van der Waals surface area contributed by atoms with E-state index >= 15 is 0 Å². The van der Waals surface area contributed by atoms with Crippen molar-refractivity contribution in [2.45, 2.75) is 26.8 Å². The van der Waals surface area contributed by atoms with Crippen molar-refractivity contribution in [1.29, 1.82) is 0 Å². The van der Waals surface area contributed by atoms with Crippen molar-refractivity contribution in [2.24, 2.45) is 0 Å². The number of nitrogens with one attached hydrogen (secondary N) is 1. The number of allylic oxidation sites excluding steroid dienone is 4. The van der Waals surface area contributed by atoms with Crippen LogP contribution in [0.15, 0.2) is 53.9 Å². The first-order valence-electron chi connectivity index (χ1n) is 7.12. The zero-order chi connectivity index (χ0) is 16.5. The topological polar surface area (TPSA) is 58.6 Å². The molecule has 0 saturated carbocycles. The van der Waals surface area contributed by atoms with Gasteiger partial charge < -0.3 is 15.2 Å². The van der Waals surface area contributed by atoms with Crippen LogP contribution in [0.1, 0.15) is 26.3 Å². The Morgan fingerprint density at radius 1 is 1.23 bits per heavy atom. The molecule has 4 heteroatoms. The smallest absolute Gasteiger partial charge is 0.184 e. The Balaban J connectivity index is 2.67. The van der Waals surface area contributed by atoms with Gasteiger partial charge in [0.2, 0.25) is 0 Å². The van der Waals surface area contributed by atoms with Gasteiger partial charge in [-0.05, 0) is 44.5 Å². The molecule has 2 N–H and O–H groups in total. The highest BCUT2D eigenvalue weighted by Gasteiger charge is 1.98. The van der Waals surface area contributed by atoms with Gasteiger partial charge in [-0.15, -0.1) is 0 Å². The van der Waals surface area contributed by atoms with Crippen molar-refractivity contribution in [3.05, 3.63) is 59.5 Å². The molecule has 0 radical (unpaired) electrons. The van der Waals surface area contributed by atoms with E-state index in [0.29, 0.717) is 0 Å². The molecule has 0 spiro atoms. The summed E-state index contributed by atoms with van der Waals surface area (Å²) in [6.45, 7) is 5.80. The van der Waals surface area contributed by atoms with Crippen LogP contribution in [0, 0.1) is 0 Å². The van der Waals surface area contributed by atoms with Gasteiger partial charge >= 0.3 is 0 Å². The maximum atomic E-state index is 11.7. The molecule has 0 saturated heterocycles. The third-order valence-corrected chi connectivity index (χ3v) is 2.73. The highest BCUT2D eigenvalue weighted by atomic mass is 16.5. The zero-order valence-electron chi connectivity index (χ0n) is 13.5. The highest BCUT2D eigenvalue weighted by molar-refractivity contribution is 6.00. The maximum Gasteiger partial charge on any atom is 0.184 e. The molecule has 0 aliphatic carbocycles. The molecule has 0 amide bonds. The number of ketones is 1. The van der Waals surface area contributed by atoms with Crippen LogP contribution in [0.4, 0.5) is 0 Å². The van der Waals surface area contributed by atoms with Crippen molar-refractivity contribution in [2.75, 3.05) is 7.11 Å². The first-order valence-corrected chi connectivity index (χ1v) is 7.12. The molecule has 118 valence electrons. The molecule has 1 rings (SSSR count). The summed E-state index contributed by atoms with van der Waals surface area (Å²) in [7, 11) is 1.61. The maximum absolute atomic E-state index is 11.7. The second-order valence-electron chi connectivity index (χ2n) is 5.20. The molecule has 0 atom stereocenters. The van der Waals surface area contributed by atoms with Crippen LogP contribution in [0.2, 0.25) is 0 Å². The zero-order valence-corrected chi connectivity index (χ0v) is 13.5. The lowest BCUT2D eigenvalue weighted by atomic mass is 10.2. The second kappa shape index (κ2) is 8.72. The van der Waals surface area contributed by atoms with E-state index in [4.69, 9.17) is 4.74 Å². The van der Waals surface area contributed by atoms with Gasteiger partial charge in [-0.25, -0.2) is 0 Å². The molecule has 0 unspecified atom stereocenters. The van der Waals surface area contributed by atoms with E-state index < -0.39 is 0 Å². The van der Waals surface area contributed by atoms with Gasteiger partial charge in [0, 0.05) is 23.9 Å². The Kier molecular flexibility index (Phi) is 6.96. The number of aliphatic hydroxyl groups is 1. The molecule has 0 heterocycles. The Bertz CT molecular complexity index is 581. The number of methoxy groups -OCH3 is 1. The van der Waals surface area contributed by atoms with Crippen LogP contribution < -0.4 is 10.1 Å². The molecule has 1 aromatic carbocycles. The lowest BCUT2D eigenvalue weighted by Crippen LogP contribution is -2.20. The van der Waals surface area contributed by atoms with Crippen molar-refractivity contribution in [1.82, 2.24) is 5.32 Å². The van der Waals surface area contributed by atoms with E-state index in [2.05, 4.69) is 5.32 Å². The van der Waals surface area contributed by atoms with Crippen LogP contribution in [0.25, 0.3) is 6.08 Å². The first kappa shape index (κ1) is 17.6. The van der Waals surface area contributed by atoms with Crippen LogP contribution in [0.3, 0.4) is 0 Å². The van der Waals surface area contributed by atoms with Crippen molar-refractivity contribution >= 4 is 11.9 Å². The molecule has 22 heavy (non-hydrogen) atoms. The number of hydrogen-bond donors (Lipinski definition) is 2. The highest BCUT2D eigenvalue weighted by Crippen LogP contribution is 2.12. The minimum Gasteiger partial charge on any atom is -0.508 e. The summed E-state index contributed by atoms with van der Waals surface area (Å²) in [5, 5.41) is 12.9. The van der Waals surface area contributed by atoms with Gasteiger partial charge in [0.25, 0.3) is 0 Å². The number of aliphatic hydroxyl groups excluding tert-OH is 1. The average molecular weight is 301 g/mol. The van der Waals surface area contributed by atoms with Gasteiger partial charge in [-0.1, -0.05) is 18.2 Å². The Labute approximate surface area is 131 Å². The number of rotatable bonds is 7. The summed E-state index contributed by atoms with van der Waals surface area (Å²) in [6, 6.07) is 7.64. The quantitative estimate of drug-likeness (QED) is 0.459. The molecule has 0 aliphatic heterocycles. The van der Waals surface area contributed by atoms with E-state index in [1.54, 1.807) is 13.2 Å². The van der Waals surface area contributed by atoms with E-state index in [-0.39, 0.29) is 17.6 Å². The lowest BCUT2D eigenvalue weighted by Gasteiger charge is -2.08. The Morgan fingerprint density at radius 3 is 2.41 bits per heavy atom. The normalized spacial score (nSPS) is 12.8. The summed E-state index contributed by atoms with van der Waals surface area (Å²) in [4.78, 5) is 11.7. The third-order valence-electron chi connectivity index (χ3n) is 2.73. The summed E-state index contributed by atoms with van der Waals surface area (Å²) in [5.74, 6) is 0.419. The van der Waals surface area contributed by atoms with Gasteiger partial charge in [0.05, 0.1) is 7.11 Å². The summed E-state index contributed by atoms with van der Waals surface area (Å²) < 4.78 is 5.07. The summed E-state index contributed by atoms with van der Waals surface area (Å²) in [6.07, 6.45) is 5.85. The van der Waals surface area contributed by atoms with Gasteiger partial charge in [-0.3, -0.25) is 4.79 Å². The first-order chi connectivity index (χ1) is 10.4. The van der Waals surface area contributed by atoms with Crippen LogP contribution in [-0.4, -0.2) is 24.0 Å².